The third-order valence-corrected chi connectivity index (χ3v) is 5.67. The first-order valence-corrected chi connectivity index (χ1v) is 9.69. The SMILES string of the molecule is CC1(C)OB(c2ccc(CSC(=O)Oc3ccc(F)cc3)cc2)OC1(C)C. The molecule has 2 aromatic carbocycles. The molecule has 1 heterocycles. The van der Waals surface area contributed by atoms with Crippen molar-refractivity contribution in [2.75, 3.05) is 0 Å². The number of carbonyl (C=O) groups excluding carboxylic acids is 1. The van der Waals surface area contributed by atoms with Crippen LogP contribution in [0.15, 0.2) is 48.5 Å². The van der Waals surface area contributed by atoms with Crippen molar-refractivity contribution in [3.8, 4) is 5.75 Å². The molecule has 7 heteroatoms. The van der Waals surface area contributed by atoms with Gasteiger partial charge >= 0.3 is 12.4 Å². The Balaban J connectivity index is 1.54. The predicted molar refractivity (Wildman–Crippen MR) is 106 cm³/mol. The monoisotopic (exact) mass is 388 g/mol. The molecular formula is C20H22BFO4S. The molecule has 0 amide bonds. The van der Waals surface area contributed by atoms with Gasteiger partial charge in [-0.2, -0.15) is 0 Å². The van der Waals surface area contributed by atoms with E-state index in [-0.39, 0.29) is 17.0 Å². The van der Waals surface area contributed by atoms with Gasteiger partial charge in [0, 0.05) is 5.75 Å². The van der Waals surface area contributed by atoms with Crippen LogP contribution in [-0.2, 0) is 15.1 Å². The summed E-state index contributed by atoms with van der Waals surface area (Å²) in [5, 5.41) is -0.434. The summed E-state index contributed by atoms with van der Waals surface area (Å²) in [4.78, 5) is 11.9. The van der Waals surface area contributed by atoms with Crippen LogP contribution in [0.25, 0.3) is 0 Å². The molecule has 0 saturated carbocycles. The van der Waals surface area contributed by atoms with E-state index < -0.39 is 12.4 Å². The number of rotatable bonds is 4. The number of benzene rings is 2. The van der Waals surface area contributed by atoms with Gasteiger partial charge in [0.15, 0.2) is 0 Å². The second-order valence-electron chi connectivity index (χ2n) is 7.42. The highest BCUT2D eigenvalue weighted by atomic mass is 32.2. The highest BCUT2D eigenvalue weighted by molar-refractivity contribution is 8.12. The number of ether oxygens (including phenoxy) is 1. The number of hydrogen-bond acceptors (Lipinski definition) is 5. The van der Waals surface area contributed by atoms with Crippen LogP contribution in [-0.4, -0.2) is 23.6 Å². The van der Waals surface area contributed by atoms with Crippen LogP contribution < -0.4 is 10.2 Å². The highest BCUT2D eigenvalue weighted by Crippen LogP contribution is 2.36. The van der Waals surface area contributed by atoms with Gasteiger partial charge in [0.2, 0.25) is 0 Å². The van der Waals surface area contributed by atoms with E-state index in [9.17, 15) is 9.18 Å². The third-order valence-electron chi connectivity index (χ3n) is 4.88. The lowest BCUT2D eigenvalue weighted by molar-refractivity contribution is 0.00578. The van der Waals surface area contributed by atoms with Gasteiger partial charge in [-0.05, 0) is 74.7 Å². The Kier molecular flexibility index (Phi) is 5.65. The van der Waals surface area contributed by atoms with Gasteiger partial charge in [-0.25, -0.2) is 9.18 Å². The average molecular weight is 388 g/mol. The van der Waals surface area contributed by atoms with Crippen molar-refractivity contribution in [1.82, 2.24) is 0 Å². The fourth-order valence-electron chi connectivity index (χ4n) is 2.52. The molecule has 1 fully saturated rings. The summed E-state index contributed by atoms with van der Waals surface area (Å²) in [6.45, 7) is 8.07. The summed E-state index contributed by atoms with van der Waals surface area (Å²) in [6.07, 6.45) is 0. The van der Waals surface area contributed by atoms with Gasteiger partial charge in [-0.15, -0.1) is 0 Å². The molecule has 0 bridgehead atoms. The predicted octanol–water partition coefficient (Wildman–Crippen LogP) is 4.56. The van der Waals surface area contributed by atoms with Crippen molar-refractivity contribution in [3.63, 3.8) is 0 Å². The maximum atomic E-state index is 12.9. The minimum Gasteiger partial charge on any atom is -0.418 e. The summed E-state index contributed by atoms with van der Waals surface area (Å²) in [6, 6.07) is 13.1. The number of thioether (sulfide) groups is 1. The Labute approximate surface area is 163 Å². The summed E-state index contributed by atoms with van der Waals surface area (Å²) in [5.41, 5.74) is 1.17. The molecule has 142 valence electrons. The van der Waals surface area contributed by atoms with Gasteiger partial charge in [0.1, 0.15) is 11.6 Å². The molecular weight excluding hydrogens is 366 g/mol. The number of halogens is 1. The van der Waals surface area contributed by atoms with E-state index in [0.717, 1.165) is 22.8 Å². The van der Waals surface area contributed by atoms with Crippen LogP contribution in [0.5, 0.6) is 5.75 Å². The molecule has 1 saturated heterocycles. The van der Waals surface area contributed by atoms with Gasteiger partial charge in [-0.1, -0.05) is 24.3 Å². The Hall–Kier alpha value is -1.83. The topological polar surface area (TPSA) is 44.8 Å². The van der Waals surface area contributed by atoms with E-state index in [1.165, 1.54) is 24.3 Å². The second-order valence-corrected chi connectivity index (χ2v) is 8.34. The zero-order chi connectivity index (χ0) is 19.7. The first-order valence-electron chi connectivity index (χ1n) is 8.71. The van der Waals surface area contributed by atoms with E-state index in [1.54, 1.807) is 0 Å². The Morgan fingerprint density at radius 3 is 2.11 bits per heavy atom. The molecule has 27 heavy (non-hydrogen) atoms. The van der Waals surface area contributed by atoms with Crippen molar-refractivity contribution < 1.29 is 23.2 Å². The normalized spacial score (nSPS) is 17.7. The average Bonchev–Trinajstić information content (AvgIpc) is 2.83. The first-order chi connectivity index (χ1) is 12.7. The van der Waals surface area contributed by atoms with Crippen LogP contribution >= 0.6 is 11.8 Å². The fourth-order valence-corrected chi connectivity index (χ4v) is 3.15. The lowest BCUT2D eigenvalue weighted by atomic mass is 9.79. The molecule has 0 radical (unpaired) electrons. The van der Waals surface area contributed by atoms with Crippen LogP contribution in [0.4, 0.5) is 9.18 Å². The first kappa shape index (κ1) is 19.9. The van der Waals surface area contributed by atoms with Crippen LogP contribution in [0.2, 0.25) is 0 Å². The van der Waals surface area contributed by atoms with Crippen molar-refractivity contribution >= 4 is 29.6 Å². The number of carbonyl (C=O) groups is 1. The van der Waals surface area contributed by atoms with Crippen molar-refractivity contribution in [3.05, 3.63) is 59.9 Å². The lowest BCUT2D eigenvalue weighted by Crippen LogP contribution is -2.41. The van der Waals surface area contributed by atoms with E-state index in [4.69, 9.17) is 14.0 Å². The van der Waals surface area contributed by atoms with Crippen LogP contribution in [0.1, 0.15) is 33.3 Å². The lowest BCUT2D eigenvalue weighted by Gasteiger charge is -2.32. The van der Waals surface area contributed by atoms with Gasteiger partial charge in [0.25, 0.3) is 0 Å². The molecule has 4 nitrogen and oxygen atoms in total. The smallest absolute Gasteiger partial charge is 0.418 e. The third kappa shape index (κ3) is 4.72. The largest absolute Gasteiger partial charge is 0.494 e. The Bertz CT molecular complexity index is 790. The van der Waals surface area contributed by atoms with Crippen molar-refractivity contribution in [1.29, 1.82) is 0 Å². The molecule has 0 atom stereocenters. The summed E-state index contributed by atoms with van der Waals surface area (Å²) in [5.74, 6) is 0.429. The van der Waals surface area contributed by atoms with Crippen LogP contribution in [0, 0.1) is 5.82 Å². The molecule has 0 spiro atoms. The Morgan fingerprint density at radius 2 is 1.56 bits per heavy atom. The van der Waals surface area contributed by atoms with E-state index in [1.807, 2.05) is 52.0 Å². The minimum absolute atomic E-state index is 0.324. The number of hydrogen-bond donors (Lipinski definition) is 0. The van der Waals surface area contributed by atoms with Crippen molar-refractivity contribution in [2.45, 2.75) is 44.6 Å². The summed E-state index contributed by atoms with van der Waals surface area (Å²) in [7, 11) is -0.403. The maximum Gasteiger partial charge on any atom is 0.494 e. The summed E-state index contributed by atoms with van der Waals surface area (Å²) >= 11 is 1.05. The molecule has 0 unspecified atom stereocenters. The van der Waals surface area contributed by atoms with Gasteiger partial charge in [0.05, 0.1) is 11.2 Å². The molecule has 0 aromatic heterocycles. The van der Waals surface area contributed by atoms with Gasteiger partial charge in [-0.3, -0.25) is 0 Å². The molecule has 3 rings (SSSR count). The second kappa shape index (κ2) is 7.66. The molecule has 0 aliphatic carbocycles. The fraction of sp³-hybridized carbons (Fsp3) is 0.350. The van der Waals surface area contributed by atoms with E-state index >= 15 is 0 Å². The maximum absolute atomic E-state index is 12.9. The molecule has 2 aromatic rings. The zero-order valence-corrected chi connectivity index (χ0v) is 16.6. The quantitative estimate of drug-likeness (QED) is 0.568. The van der Waals surface area contributed by atoms with Gasteiger partial charge < -0.3 is 14.0 Å². The highest BCUT2D eigenvalue weighted by Gasteiger charge is 2.51. The molecule has 0 N–H and O–H groups in total. The van der Waals surface area contributed by atoms with E-state index in [0.29, 0.717) is 11.5 Å². The summed E-state index contributed by atoms with van der Waals surface area (Å²) < 4.78 is 30.1. The zero-order valence-electron chi connectivity index (χ0n) is 15.8. The van der Waals surface area contributed by atoms with Crippen molar-refractivity contribution in [2.24, 2.45) is 0 Å². The Morgan fingerprint density at radius 1 is 1.00 bits per heavy atom. The minimum atomic E-state index is -0.434. The van der Waals surface area contributed by atoms with E-state index in [2.05, 4.69) is 0 Å². The standard InChI is InChI=1S/C20H22BFO4S/c1-19(2)20(3,4)26-21(25-19)15-7-5-14(6-8-15)13-27-18(23)24-17-11-9-16(22)10-12-17/h5-12H,13H2,1-4H3. The molecule has 1 aliphatic rings. The van der Waals surface area contributed by atoms with Crippen LogP contribution in [0.3, 0.4) is 0 Å². The molecule has 1 aliphatic heterocycles.